The Kier molecular flexibility index (Phi) is 7.38. The zero-order chi connectivity index (χ0) is 20.5. The Hall–Kier alpha value is -3.16. The lowest BCUT2D eigenvalue weighted by molar-refractivity contribution is 0.380. The Morgan fingerprint density at radius 3 is 2.72 bits per heavy atom. The molecular weight excluding hydrogens is 366 g/mol. The van der Waals surface area contributed by atoms with Crippen LogP contribution >= 0.6 is 0 Å². The van der Waals surface area contributed by atoms with Crippen LogP contribution in [0.4, 0.5) is 0 Å². The van der Waals surface area contributed by atoms with Gasteiger partial charge in [-0.15, -0.1) is 0 Å². The van der Waals surface area contributed by atoms with E-state index in [1.807, 2.05) is 4.68 Å². The van der Waals surface area contributed by atoms with Crippen molar-refractivity contribution in [3.63, 3.8) is 0 Å². The van der Waals surface area contributed by atoms with Crippen molar-refractivity contribution in [1.29, 1.82) is 0 Å². The quantitative estimate of drug-likeness (QED) is 0.427. The largest absolute Gasteiger partial charge is 0.361 e. The van der Waals surface area contributed by atoms with Crippen molar-refractivity contribution in [1.82, 2.24) is 30.6 Å². The highest BCUT2D eigenvalue weighted by Gasteiger charge is 2.13. The second-order valence-corrected chi connectivity index (χ2v) is 6.70. The van der Waals surface area contributed by atoms with Gasteiger partial charge in [-0.25, -0.2) is 14.7 Å². The molecule has 0 spiro atoms. The second-order valence-electron chi connectivity index (χ2n) is 6.70. The van der Waals surface area contributed by atoms with E-state index in [9.17, 15) is 0 Å². The van der Waals surface area contributed by atoms with Crippen molar-refractivity contribution in [2.45, 2.75) is 53.2 Å². The molecule has 2 N–H and O–H groups in total. The average Bonchev–Trinajstić information content (AvgIpc) is 3.39. The predicted octanol–water partition coefficient (Wildman–Crippen LogP) is 2.69. The minimum atomic E-state index is 0.589. The van der Waals surface area contributed by atoms with Crippen LogP contribution in [0.15, 0.2) is 46.4 Å². The van der Waals surface area contributed by atoms with Gasteiger partial charge in [-0.3, -0.25) is 0 Å². The van der Waals surface area contributed by atoms with Gasteiger partial charge in [-0.05, 0) is 24.5 Å². The Balaban J connectivity index is 1.66. The smallest absolute Gasteiger partial charge is 0.191 e. The summed E-state index contributed by atoms with van der Waals surface area (Å²) < 4.78 is 7.26. The van der Waals surface area contributed by atoms with E-state index in [1.165, 1.54) is 5.56 Å². The van der Waals surface area contributed by atoms with Crippen molar-refractivity contribution in [2.75, 3.05) is 6.54 Å². The van der Waals surface area contributed by atoms with Crippen LogP contribution in [0.25, 0.3) is 0 Å². The van der Waals surface area contributed by atoms with Crippen LogP contribution in [0.2, 0.25) is 0 Å². The molecule has 0 unspecified atom stereocenters. The van der Waals surface area contributed by atoms with Gasteiger partial charge < -0.3 is 15.2 Å². The maximum absolute atomic E-state index is 5.45. The Morgan fingerprint density at radius 1 is 1.14 bits per heavy atom. The number of nitrogens with zero attached hydrogens (tertiary/aromatic N) is 5. The van der Waals surface area contributed by atoms with E-state index < -0.39 is 0 Å². The summed E-state index contributed by atoms with van der Waals surface area (Å²) in [6, 6.07) is 8.37. The lowest BCUT2D eigenvalue weighted by atomic mass is 10.1. The van der Waals surface area contributed by atoms with E-state index in [4.69, 9.17) is 9.52 Å². The van der Waals surface area contributed by atoms with Crippen molar-refractivity contribution in [3.8, 4) is 0 Å². The number of hydrogen-bond acceptors (Lipinski definition) is 5. The first-order valence-electron chi connectivity index (χ1n) is 10.1. The summed E-state index contributed by atoms with van der Waals surface area (Å²) in [6.07, 6.45) is 4.95. The van der Waals surface area contributed by atoms with Gasteiger partial charge in [0.2, 0.25) is 0 Å². The van der Waals surface area contributed by atoms with Crippen LogP contribution in [-0.2, 0) is 32.5 Å². The highest BCUT2D eigenvalue weighted by atomic mass is 16.5. The van der Waals surface area contributed by atoms with Gasteiger partial charge in [0.05, 0.1) is 18.8 Å². The molecule has 8 nitrogen and oxygen atoms in total. The lowest BCUT2D eigenvalue weighted by Gasteiger charge is -2.12. The molecule has 2 aromatic heterocycles. The number of aliphatic imine (C=N–C) groups is 1. The third-order valence-corrected chi connectivity index (χ3v) is 4.61. The van der Waals surface area contributed by atoms with Crippen LogP contribution in [0.3, 0.4) is 0 Å². The molecule has 2 heterocycles. The monoisotopic (exact) mass is 395 g/mol. The standard InChI is InChI=1S/C21H29N7O/c1-4-19-18(20(5-2)29-27-19)12-25-21(23-6-3)24-11-16-8-7-9-17(10-16)13-28-15-22-14-26-28/h7-10,14-15H,4-6,11-13H2,1-3H3,(H2,23,24,25). The first-order valence-corrected chi connectivity index (χ1v) is 10.1. The predicted molar refractivity (Wildman–Crippen MR) is 112 cm³/mol. The Morgan fingerprint density at radius 2 is 2.00 bits per heavy atom. The molecule has 0 amide bonds. The van der Waals surface area contributed by atoms with Crippen LogP contribution in [0.5, 0.6) is 0 Å². The summed E-state index contributed by atoms with van der Waals surface area (Å²) in [4.78, 5) is 8.73. The normalized spacial score (nSPS) is 11.6. The summed E-state index contributed by atoms with van der Waals surface area (Å²) in [6.45, 7) is 8.96. The third-order valence-electron chi connectivity index (χ3n) is 4.61. The van der Waals surface area contributed by atoms with Crippen molar-refractivity contribution in [2.24, 2.45) is 4.99 Å². The maximum atomic E-state index is 5.45. The molecule has 0 fully saturated rings. The Labute approximate surface area is 171 Å². The van der Waals surface area contributed by atoms with Crippen LogP contribution in [0.1, 0.15) is 48.9 Å². The van der Waals surface area contributed by atoms with E-state index in [0.717, 1.165) is 47.9 Å². The van der Waals surface area contributed by atoms with Gasteiger partial charge in [0.15, 0.2) is 5.96 Å². The van der Waals surface area contributed by atoms with E-state index >= 15 is 0 Å². The second kappa shape index (κ2) is 10.4. The molecular formula is C21H29N7O. The highest BCUT2D eigenvalue weighted by Crippen LogP contribution is 2.15. The maximum Gasteiger partial charge on any atom is 0.191 e. The van der Waals surface area contributed by atoms with Crippen molar-refractivity contribution >= 4 is 5.96 Å². The number of nitrogens with one attached hydrogen (secondary N) is 2. The highest BCUT2D eigenvalue weighted by molar-refractivity contribution is 5.79. The zero-order valence-electron chi connectivity index (χ0n) is 17.4. The van der Waals surface area contributed by atoms with Gasteiger partial charge in [-0.1, -0.05) is 43.3 Å². The molecule has 3 aromatic rings. The van der Waals surface area contributed by atoms with Crippen LogP contribution in [0, 0.1) is 0 Å². The van der Waals surface area contributed by atoms with Crippen LogP contribution < -0.4 is 10.6 Å². The minimum Gasteiger partial charge on any atom is -0.361 e. The summed E-state index contributed by atoms with van der Waals surface area (Å²) in [5, 5.41) is 15.1. The number of benzene rings is 1. The van der Waals surface area contributed by atoms with Gasteiger partial charge in [0, 0.05) is 25.1 Å². The Bertz CT molecular complexity index is 894. The molecule has 3 rings (SSSR count). The first kappa shape index (κ1) is 20.6. The summed E-state index contributed by atoms with van der Waals surface area (Å²) in [5.41, 5.74) is 4.46. The molecule has 0 atom stereocenters. The fourth-order valence-corrected chi connectivity index (χ4v) is 3.15. The molecule has 29 heavy (non-hydrogen) atoms. The minimum absolute atomic E-state index is 0.589. The topological polar surface area (TPSA) is 93.2 Å². The zero-order valence-corrected chi connectivity index (χ0v) is 17.4. The number of aryl methyl sites for hydroxylation is 2. The van der Waals surface area contributed by atoms with Gasteiger partial charge in [-0.2, -0.15) is 5.10 Å². The molecule has 154 valence electrons. The third kappa shape index (κ3) is 5.66. The molecule has 8 heteroatoms. The number of guanidine groups is 1. The summed E-state index contributed by atoms with van der Waals surface area (Å²) in [5.74, 6) is 1.71. The van der Waals surface area contributed by atoms with Gasteiger partial charge in [0.25, 0.3) is 0 Å². The molecule has 0 aliphatic rings. The molecule has 0 radical (unpaired) electrons. The van der Waals surface area contributed by atoms with Gasteiger partial charge >= 0.3 is 0 Å². The number of hydrogen-bond donors (Lipinski definition) is 2. The summed E-state index contributed by atoms with van der Waals surface area (Å²) in [7, 11) is 0. The van der Waals surface area contributed by atoms with E-state index in [2.05, 4.69) is 70.9 Å². The molecule has 0 aliphatic heterocycles. The fraction of sp³-hybridized carbons (Fsp3) is 0.429. The van der Waals surface area contributed by atoms with E-state index in [1.54, 1.807) is 12.7 Å². The molecule has 0 bridgehead atoms. The van der Waals surface area contributed by atoms with Crippen molar-refractivity contribution < 1.29 is 4.52 Å². The van der Waals surface area contributed by atoms with Crippen LogP contribution in [-0.4, -0.2) is 32.4 Å². The van der Waals surface area contributed by atoms with Crippen molar-refractivity contribution in [3.05, 3.63) is 65.1 Å². The lowest BCUT2D eigenvalue weighted by Crippen LogP contribution is -2.37. The fourth-order valence-electron chi connectivity index (χ4n) is 3.15. The molecule has 0 aliphatic carbocycles. The SMILES string of the molecule is CCNC(=NCc1cccc(Cn2cncn2)c1)NCc1c(CC)noc1CC. The molecule has 1 aromatic carbocycles. The van der Waals surface area contributed by atoms with E-state index in [0.29, 0.717) is 19.6 Å². The average molecular weight is 396 g/mol. The molecule has 0 saturated heterocycles. The first-order chi connectivity index (χ1) is 14.2. The number of aromatic nitrogens is 4. The van der Waals surface area contributed by atoms with Gasteiger partial charge in [0.1, 0.15) is 18.4 Å². The number of rotatable bonds is 9. The summed E-state index contributed by atoms with van der Waals surface area (Å²) >= 11 is 0. The van der Waals surface area contributed by atoms with E-state index in [-0.39, 0.29) is 0 Å². The molecule has 0 saturated carbocycles.